The minimum atomic E-state index is 1.65. The molecule has 0 aliphatic rings. The molecule has 0 aromatic rings. The van der Waals surface area contributed by atoms with Gasteiger partial charge in [0.2, 0.25) is 0 Å². The van der Waals surface area contributed by atoms with Gasteiger partial charge < -0.3 is 0 Å². The van der Waals surface area contributed by atoms with Crippen LogP contribution in [-0.4, -0.2) is 9.15 Å². The molecule has 0 N–H and O–H groups in total. The zero-order chi connectivity index (χ0) is 4.83. The summed E-state index contributed by atoms with van der Waals surface area (Å²) in [5, 5.41) is 0. The van der Waals surface area contributed by atoms with Crippen molar-refractivity contribution in [3.8, 4) is 0 Å². The van der Waals surface area contributed by atoms with E-state index in [4.69, 9.17) is 0 Å². The van der Waals surface area contributed by atoms with E-state index in [2.05, 4.69) is 40.3 Å². The summed E-state index contributed by atoms with van der Waals surface area (Å²) in [6.07, 6.45) is 3.29. The van der Waals surface area contributed by atoms with Crippen molar-refractivity contribution in [1.82, 2.24) is 0 Å². The summed E-state index contributed by atoms with van der Waals surface area (Å²) < 4.78 is 5.07. The molecule has 0 heterocycles. The van der Waals surface area contributed by atoms with Gasteiger partial charge in [-0.25, -0.2) is 0 Å². The van der Waals surface area contributed by atoms with E-state index in [1.807, 2.05) is 0 Å². The molecule has 32 valence electrons. The summed E-state index contributed by atoms with van der Waals surface area (Å²) >= 11 is 6.64. The van der Waals surface area contributed by atoms with E-state index < -0.39 is 0 Å². The Bertz CT molecular complexity index is 97.5. The van der Waals surface area contributed by atoms with E-state index in [-0.39, 0.29) is 0 Å². The van der Waals surface area contributed by atoms with Gasteiger partial charge in [-0.3, -0.25) is 0 Å². The molecule has 0 saturated carbocycles. The molecule has 2 heteroatoms. The summed E-state index contributed by atoms with van der Waals surface area (Å²) in [5.41, 5.74) is 0. The summed E-state index contributed by atoms with van der Waals surface area (Å²) in [7, 11) is 0. The fourth-order valence-electron chi connectivity index (χ4n) is 0.0589. The zero-order valence-corrected chi connectivity index (χ0v) is 5.07. The van der Waals surface area contributed by atoms with Crippen LogP contribution in [0.5, 0.6) is 0 Å². The minimum absolute atomic E-state index is 1.65. The van der Waals surface area contributed by atoms with Gasteiger partial charge in [-0.1, -0.05) is 0 Å². The molecule has 0 atom stereocenters. The van der Waals surface area contributed by atoms with Crippen molar-refractivity contribution in [1.29, 1.82) is 0 Å². The van der Waals surface area contributed by atoms with Gasteiger partial charge in [-0.2, -0.15) is 0 Å². The van der Waals surface area contributed by atoms with Crippen molar-refractivity contribution >= 4 is 9.15 Å². The predicted molar refractivity (Wildman–Crippen MR) is 19.2 cm³/mol. The molecule has 0 aromatic carbocycles. The van der Waals surface area contributed by atoms with Crippen LogP contribution in [0.25, 0.3) is 0 Å². The van der Waals surface area contributed by atoms with Crippen molar-refractivity contribution in [3.05, 3.63) is 12.2 Å². The molecule has 0 fully saturated rings. The van der Waals surface area contributed by atoms with Crippen LogP contribution in [0.2, 0.25) is 0 Å². The Balaban J connectivity index is 3.64. The van der Waals surface area contributed by atoms with Gasteiger partial charge in [0.25, 0.3) is 0 Å². The van der Waals surface area contributed by atoms with E-state index in [9.17, 15) is 0 Å². The third-order valence-electron chi connectivity index (χ3n) is 0.201. The first-order chi connectivity index (χ1) is 2.91. The van der Waals surface area contributed by atoms with Crippen LogP contribution in [0, 0.1) is 0 Å². The predicted octanol–water partition coefficient (Wildman–Crippen LogP) is -0.00540. The summed E-state index contributed by atoms with van der Waals surface area (Å²) in [6.45, 7) is 0. The van der Waals surface area contributed by atoms with Crippen molar-refractivity contribution in [2.24, 2.45) is 0 Å². The molecule has 0 aliphatic heterocycles. The van der Waals surface area contributed by atoms with Crippen LogP contribution >= 0.6 is 0 Å². The standard InChI is InChI=1S/C4H2.2Fe/c1-3-4-2;;/h3-4H;;/q;2*+1. The van der Waals surface area contributed by atoms with Gasteiger partial charge in [0.1, 0.15) is 0 Å². The first-order valence-corrected chi connectivity index (χ1v) is 2.37. The van der Waals surface area contributed by atoms with Crippen LogP contribution in [0.3, 0.4) is 0 Å². The topological polar surface area (TPSA) is 0 Å². The second-order valence-corrected chi connectivity index (χ2v) is 1.17. The van der Waals surface area contributed by atoms with Crippen molar-refractivity contribution in [2.45, 2.75) is 0 Å². The molecule has 0 nitrogen and oxygen atoms in total. The summed E-state index contributed by atoms with van der Waals surface area (Å²) in [5.74, 6) is 0. The molecule has 0 spiro atoms. The molecular formula is C4H2Fe2+2. The average molecular weight is 162 g/mol. The zero-order valence-electron chi connectivity index (χ0n) is 2.86. The molecule has 0 aromatic heterocycles. The summed E-state index contributed by atoms with van der Waals surface area (Å²) in [6, 6.07) is 0. The normalized spacial score (nSPS) is 4.67. The fourth-order valence-corrected chi connectivity index (χ4v) is 0.243. The molecular weight excluding hydrogens is 160 g/mol. The molecule has 0 amide bonds. The molecule has 0 aliphatic carbocycles. The van der Waals surface area contributed by atoms with Gasteiger partial charge in [-0.05, 0) is 0 Å². The third-order valence-corrected chi connectivity index (χ3v) is 0.569. The fraction of sp³-hybridized carbons (Fsp3) is 0. The van der Waals surface area contributed by atoms with Crippen LogP contribution in [0.15, 0.2) is 12.2 Å². The quantitative estimate of drug-likeness (QED) is 0.375. The van der Waals surface area contributed by atoms with Gasteiger partial charge in [0.05, 0.1) is 0 Å². The van der Waals surface area contributed by atoms with E-state index >= 15 is 0 Å². The van der Waals surface area contributed by atoms with Crippen molar-refractivity contribution in [3.63, 3.8) is 0 Å². The molecule has 0 radical (unpaired) electrons. The first-order valence-electron chi connectivity index (χ1n) is 1.26. The van der Waals surface area contributed by atoms with Crippen molar-refractivity contribution < 1.29 is 31.2 Å². The maximum absolute atomic E-state index is 3.32. The van der Waals surface area contributed by atoms with E-state index in [0.29, 0.717) is 0 Å². The Morgan fingerprint density at radius 1 is 1.00 bits per heavy atom. The third kappa shape index (κ3) is 4.34. The van der Waals surface area contributed by atoms with E-state index in [0.717, 1.165) is 0 Å². The van der Waals surface area contributed by atoms with Crippen LogP contribution in [0.1, 0.15) is 0 Å². The molecule has 0 bridgehead atoms. The SMILES string of the molecule is [Fe+]=[C]=CC=[C]=[Fe+]. The summed E-state index contributed by atoms with van der Waals surface area (Å²) in [4.78, 5) is 0. The Kier molecular flexibility index (Phi) is 5.64. The second-order valence-electron chi connectivity index (χ2n) is 0.537. The number of rotatable bonds is 1. The van der Waals surface area contributed by atoms with Gasteiger partial charge in [0.15, 0.2) is 0 Å². The number of allylic oxidation sites excluding steroid dienone is 2. The molecule has 0 rings (SSSR count). The van der Waals surface area contributed by atoms with Gasteiger partial charge in [-0.15, -0.1) is 0 Å². The van der Waals surface area contributed by atoms with Crippen LogP contribution < -0.4 is 0 Å². The second kappa shape index (κ2) is 5.34. The Morgan fingerprint density at radius 3 is 1.50 bits per heavy atom. The molecule has 0 saturated heterocycles. The maximum atomic E-state index is 3.32. The Hall–Kier alpha value is 0.339. The number of hydrogen-bond acceptors (Lipinski definition) is 0. The van der Waals surface area contributed by atoms with Crippen LogP contribution in [0.4, 0.5) is 0 Å². The van der Waals surface area contributed by atoms with E-state index in [1.165, 1.54) is 0 Å². The Labute approximate surface area is 52.7 Å². The van der Waals surface area contributed by atoms with Crippen LogP contribution in [-0.2, 0) is 31.2 Å². The first kappa shape index (κ1) is 6.34. The monoisotopic (exact) mass is 162 g/mol. The van der Waals surface area contributed by atoms with Gasteiger partial charge >= 0.3 is 52.5 Å². The van der Waals surface area contributed by atoms with Gasteiger partial charge in [0, 0.05) is 0 Å². The molecule has 6 heavy (non-hydrogen) atoms. The van der Waals surface area contributed by atoms with Crippen molar-refractivity contribution in [2.75, 3.05) is 0 Å². The Morgan fingerprint density at radius 2 is 1.33 bits per heavy atom. The average Bonchev–Trinajstić information content (AvgIpc) is 1.61. The molecule has 0 unspecified atom stereocenters. The number of hydrogen-bond donors (Lipinski definition) is 0. The van der Waals surface area contributed by atoms with E-state index in [1.54, 1.807) is 12.2 Å².